The Hall–Kier alpha value is -5.07. The second kappa shape index (κ2) is 12.5. The Bertz CT molecular complexity index is 2400. The van der Waals surface area contributed by atoms with Crippen LogP contribution < -0.4 is 10.3 Å². The predicted octanol–water partition coefficient (Wildman–Crippen LogP) is 8.13. The van der Waals surface area contributed by atoms with Crippen LogP contribution in [0.4, 0.5) is 15.8 Å². The van der Waals surface area contributed by atoms with Crippen LogP contribution in [0.3, 0.4) is 0 Å². The molecule has 1 saturated carbocycles. The van der Waals surface area contributed by atoms with Gasteiger partial charge in [-0.05, 0) is 124 Å². The molecule has 11 heteroatoms. The Morgan fingerprint density at radius 2 is 1.53 bits per heavy atom. The van der Waals surface area contributed by atoms with Crippen LogP contribution in [0, 0.1) is 33.1 Å². The molecule has 264 valence electrons. The van der Waals surface area contributed by atoms with Gasteiger partial charge in [0.25, 0.3) is 11.8 Å². The zero-order valence-electron chi connectivity index (χ0n) is 27.9. The van der Waals surface area contributed by atoms with E-state index in [9.17, 15) is 23.9 Å². The summed E-state index contributed by atoms with van der Waals surface area (Å²) >= 11 is 8.57. The molecule has 4 amide bonds. The number of anilines is 2. The van der Waals surface area contributed by atoms with Gasteiger partial charge >= 0.3 is 0 Å². The fraction of sp³-hybridized carbons (Fsp3) is 0.190. The predicted molar refractivity (Wildman–Crippen MR) is 206 cm³/mol. The maximum absolute atomic E-state index is 15.4. The molecule has 2 N–H and O–H groups in total. The smallest absolute Gasteiger partial charge is 0.260 e. The maximum Gasteiger partial charge on any atom is 0.260 e. The third-order valence-corrected chi connectivity index (χ3v) is 12.5. The summed E-state index contributed by atoms with van der Waals surface area (Å²) in [4.78, 5) is 60.3. The summed E-state index contributed by atoms with van der Waals surface area (Å²) in [5.41, 5.74) is 3.83. The van der Waals surface area contributed by atoms with Crippen molar-refractivity contribution >= 4 is 80.0 Å². The fourth-order valence-electron chi connectivity index (χ4n) is 9.40. The Labute approximate surface area is 322 Å². The molecule has 53 heavy (non-hydrogen) atoms. The molecule has 5 aromatic rings. The van der Waals surface area contributed by atoms with Crippen LogP contribution in [0.15, 0.2) is 121 Å². The van der Waals surface area contributed by atoms with E-state index in [0.717, 1.165) is 19.5 Å². The number of amides is 4. The molecule has 2 aliphatic carbocycles. The molecule has 0 bridgehead atoms. The summed E-state index contributed by atoms with van der Waals surface area (Å²) in [6, 6.07) is 30.3. The van der Waals surface area contributed by atoms with Gasteiger partial charge < -0.3 is 5.11 Å². The number of hydrogen-bond acceptors (Lipinski definition) is 6. The van der Waals surface area contributed by atoms with Gasteiger partial charge in [-0.25, -0.2) is 4.39 Å². The number of carbonyl (C=O) groups excluding carboxylic acids is 4. The first-order chi connectivity index (χ1) is 25.6. The SMILES string of the molecule is O=C1C2CC3C(=CCC4C(=O)N(c5ccc(I)cc5)C(=O)C43)C(c3c(O)ccc4ccccc34)C2(c2ccc(Cl)cc2)C(=O)N1Nc1ccc(F)cc1. The fourth-order valence-corrected chi connectivity index (χ4v) is 9.89. The largest absolute Gasteiger partial charge is 0.508 e. The molecule has 2 aliphatic heterocycles. The van der Waals surface area contributed by atoms with Crippen molar-refractivity contribution < 1.29 is 28.7 Å². The normalized spacial score (nSPS) is 26.4. The van der Waals surface area contributed by atoms with Crippen molar-refractivity contribution in [3.8, 4) is 5.75 Å². The molecule has 6 atom stereocenters. The molecular weight excluding hydrogens is 808 g/mol. The highest BCUT2D eigenvalue weighted by molar-refractivity contribution is 14.1. The number of fused-ring (bicyclic) bond motifs is 5. The summed E-state index contributed by atoms with van der Waals surface area (Å²) in [5, 5.41) is 14.8. The monoisotopic (exact) mass is 837 g/mol. The maximum atomic E-state index is 15.4. The molecule has 0 radical (unpaired) electrons. The lowest BCUT2D eigenvalue weighted by Crippen LogP contribution is -2.53. The molecule has 9 rings (SSSR count). The number of carbonyl (C=O) groups is 4. The Morgan fingerprint density at radius 3 is 2.26 bits per heavy atom. The highest BCUT2D eigenvalue weighted by Gasteiger charge is 2.71. The van der Waals surface area contributed by atoms with Crippen LogP contribution in [-0.2, 0) is 24.6 Å². The third-order valence-electron chi connectivity index (χ3n) is 11.6. The van der Waals surface area contributed by atoms with Crippen molar-refractivity contribution in [3.05, 3.63) is 146 Å². The lowest BCUT2D eigenvalue weighted by atomic mass is 9.48. The van der Waals surface area contributed by atoms with E-state index in [4.69, 9.17) is 11.6 Å². The summed E-state index contributed by atoms with van der Waals surface area (Å²) in [5.74, 6) is -6.35. The molecule has 8 nitrogen and oxygen atoms in total. The first-order valence-corrected chi connectivity index (χ1v) is 18.8. The van der Waals surface area contributed by atoms with Gasteiger partial charge in [0.05, 0.1) is 34.5 Å². The van der Waals surface area contributed by atoms with Gasteiger partial charge in [-0.1, -0.05) is 65.7 Å². The summed E-state index contributed by atoms with van der Waals surface area (Å²) in [7, 11) is 0. The number of phenolic OH excluding ortho intramolecular Hbond substituents is 1. The molecule has 2 heterocycles. The number of aromatic hydroxyl groups is 1. The zero-order chi connectivity index (χ0) is 36.8. The number of phenols is 1. The van der Waals surface area contributed by atoms with Crippen LogP contribution in [0.2, 0.25) is 5.02 Å². The quantitative estimate of drug-likeness (QED) is 0.105. The Morgan fingerprint density at radius 1 is 0.811 bits per heavy atom. The highest BCUT2D eigenvalue weighted by Crippen LogP contribution is 2.65. The zero-order valence-corrected chi connectivity index (χ0v) is 30.8. The number of allylic oxidation sites excluding steroid dienone is 2. The van der Waals surface area contributed by atoms with Gasteiger partial charge in [0, 0.05) is 20.1 Å². The minimum Gasteiger partial charge on any atom is -0.508 e. The van der Waals surface area contributed by atoms with Crippen molar-refractivity contribution in [2.75, 3.05) is 10.3 Å². The number of imide groups is 2. The van der Waals surface area contributed by atoms with E-state index in [1.165, 1.54) is 29.2 Å². The van der Waals surface area contributed by atoms with Crippen LogP contribution in [0.5, 0.6) is 5.75 Å². The topological polar surface area (TPSA) is 107 Å². The van der Waals surface area contributed by atoms with Crippen LogP contribution >= 0.6 is 34.2 Å². The third kappa shape index (κ3) is 4.98. The molecule has 5 aromatic carbocycles. The minimum atomic E-state index is -1.62. The van der Waals surface area contributed by atoms with Gasteiger partial charge in [0.2, 0.25) is 11.8 Å². The van der Waals surface area contributed by atoms with E-state index in [-0.39, 0.29) is 30.4 Å². The average Bonchev–Trinajstić information content (AvgIpc) is 3.54. The van der Waals surface area contributed by atoms with Gasteiger partial charge in [-0.2, -0.15) is 5.01 Å². The second-order valence-electron chi connectivity index (χ2n) is 14.1. The first-order valence-electron chi connectivity index (χ1n) is 17.3. The van der Waals surface area contributed by atoms with Crippen molar-refractivity contribution in [2.24, 2.45) is 23.7 Å². The number of benzene rings is 5. The molecule has 2 saturated heterocycles. The molecule has 3 fully saturated rings. The lowest BCUT2D eigenvalue weighted by molar-refractivity contribution is -0.138. The number of nitrogens with one attached hydrogen (secondary N) is 1. The lowest BCUT2D eigenvalue weighted by Gasteiger charge is -2.51. The number of hydrazine groups is 1. The van der Waals surface area contributed by atoms with Crippen molar-refractivity contribution in [3.63, 3.8) is 0 Å². The molecule has 4 aliphatic rings. The van der Waals surface area contributed by atoms with E-state index < -0.39 is 52.6 Å². The summed E-state index contributed by atoms with van der Waals surface area (Å²) in [6.07, 6.45) is 2.29. The number of rotatable bonds is 5. The minimum absolute atomic E-state index is 0.0657. The average molecular weight is 838 g/mol. The summed E-state index contributed by atoms with van der Waals surface area (Å²) in [6.45, 7) is 0. The first kappa shape index (κ1) is 33.7. The Balaban J connectivity index is 1.29. The van der Waals surface area contributed by atoms with Crippen LogP contribution in [-0.4, -0.2) is 33.7 Å². The van der Waals surface area contributed by atoms with Crippen molar-refractivity contribution in [1.29, 1.82) is 0 Å². The van der Waals surface area contributed by atoms with Crippen molar-refractivity contribution in [1.82, 2.24) is 5.01 Å². The molecule has 6 unspecified atom stereocenters. The number of nitrogens with zero attached hydrogens (tertiary/aromatic N) is 2. The van der Waals surface area contributed by atoms with Gasteiger partial charge in [-0.15, -0.1) is 0 Å². The number of hydrogen-bond donors (Lipinski definition) is 2. The van der Waals surface area contributed by atoms with E-state index in [2.05, 4.69) is 28.0 Å². The number of halogens is 3. The standard InChI is InChI=1S/C42H30ClFIN3O5/c43-24-8-6-23(7-9-24)42-33(39(51)48(41(42)53)46-27-14-10-25(44)11-15-27)21-32-30(37(42)36-29-4-2-1-3-22(29)5-20-34(36)49)18-19-31-35(32)40(52)47(38(31)50)28-16-12-26(45)13-17-28/h1-18,20,31-33,35,37,46,49H,19,21H2. The van der Waals surface area contributed by atoms with E-state index in [0.29, 0.717) is 32.9 Å². The van der Waals surface area contributed by atoms with E-state index >= 15 is 4.79 Å². The highest BCUT2D eigenvalue weighted by atomic mass is 127. The Kier molecular flexibility index (Phi) is 7.97. The van der Waals surface area contributed by atoms with Gasteiger partial charge in [-0.3, -0.25) is 29.5 Å². The van der Waals surface area contributed by atoms with E-state index in [1.807, 2.05) is 42.5 Å². The van der Waals surface area contributed by atoms with Crippen LogP contribution in [0.25, 0.3) is 10.8 Å². The van der Waals surface area contributed by atoms with Crippen molar-refractivity contribution in [2.45, 2.75) is 24.2 Å². The van der Waals surface area contributed by atoms with Gasteiger partial charge in [0.15, 0.2) is 0 Å². The van der Waals surface area contributed by atoms with E-state index in [1.54, 1.807) is 48.5 Å². The second-order valence-corrected chi connectivity index (χ2v) is 15.8. The molecular formula is C42H30ClFIN3O5. The molecule has 0 aromatic heterocycles. The summed E-state index contributed by atoms with van der Waals surface area (Å²) < 4.78 is 14.9. The van der Waals surface area contributed by atoms with Gasteiger partial charge in [0.1, 0.15) is 11.6 Å². The molecule has 0 spiro atoms. The van der Waals surface area contributed by atoms with Crippen LogP contribution in [0.1, 0.15) is 29.9 Å².